The van der Waals surface area contributed by atoms with Crippen LogP contribution in [0.5, 0.6) is 0 Å². The van der Waals surface area contributed by atoms with Gasteiger partial charge >= 0.3 is 0 Å². The summed E-state index contributed by atoms with van der Waals surface area (Å²) in [4.78, 5) is 9.39. The van der Waals surface area contributed by atoms with Crippen LogP contribution in [0.15, 0.2) is 16.5 Å². The Labute approximate surface area is 153 Å². The van der Waals surface area contributed by atoms with Crippen molar-refractivity contribution in [1.29, 1.82) is 0 Å². The van der Waals surface area contributed by atoms with Crippen LogP contribution >= 0.6 is 0 Å². The lowest BCUT2D eigenvalue weighted by molar-refractivity contribution is 0.210. The van der Waals surface area contributed by atoms with Crippen LogP contribution in [0.1, 0.15) is 22.9 Å². The van der Waals surface area contributed by atoms with Gasteiger partial charge in [0.25, 0.3) is 0 Å². The van der Waals surface area contributed by atoms with Gasteiger partial charge in [0.15, 0.2) is 0 Å². The molecule has 3 heterocycles. The highest BCUT2D eigenvalue weighted by Gasteiger charge is 2.18. The van der Waals surface area contributed by atoms with Crippen LogP contribution in [0.2, 0.25) is 0 Å². The zero-order chi connectivity index (χ0) is 18.8. The van der Waals surface area contributed by atoms with Crippen molar-refractivity contribution in [3.8, 4) is 22.5 Å². The molecule has 3 aromatic rings. The van der Waals surface area contributed by atoms with Crippen molar-refractivity contribution in [2.24, 2.45) is 7.05 Å². The molecule has 138 valence electrons. The summed E-state index contributed by atoms with van der Waals surface area (Å²) in [5.41, 5.74) is 5.68. The first kappa shape index (κ1) is 18.1. The van der Waals surface area contributed by atoms with Crippen LogP contribution in [-0.4, -0.2) is 40.0 Å². The van der Waals surface area contributed by atoms with Crippen LogP contribution in [-0.2, 0) is 11.8 Å². The van der Waals surface area contributed by atoms with Crippen LogP contribution in [0, 0.1) is 27.7 Å². The largest absolute Gasteiger partial charge is 0.466 e. The van der Waals surface area contributed by atoms with Crippen LogP contribution < -0.4 is 5.32 Å². The zero-order valence-electron chi connectivity index (χ0n) is 16.2. The number of anilines is 1. The molecule has 0 amide bonds. The van der Waals surface area contributed by atoms with Crippen LogP contribution in [0.3, 0.4) is 0 Å². The molecule has 0 unspecified atom stereocenters. The molecule has 0 aromatic carbocycles. The van der Waals surface area contributed by atoms with Gasteiger partial charge in [-0.3, -0.25) is 4.68 Å². The van der Waals surface area contributed by atoms with Gasteiger partial charge in [0.05, 0.1) is 23.7 Å². The van der Waals surface area contributed by atoms with Crippen molar-refractivity contribution in [3.63, 3.8) is 0 Å². The molecule has 3 rings (SSSR count). The quantitative estimate of drug-likeness (QED) is 0.683. The molecule has 0 radical (unpaired) electrons. The van der Waals surface area contributed by atoms with Crippen molar-refractivity contribution in [3.05, 3.63) is 35.0 Å². The molecular weight excluding hydrogens is 330 g/mol. The maximum Gasteiger partial charge on any atom is 0.223 e. The smallest absolute Gasteiger partial charge is 0.223 e. The predicted molar refractivity (Wildman–Crippen MR) is 101 cm³/mol. The molecule has 3 aromatic heterocycles. The van der Waals surface area contributed by atoms with E-state index >= 15 is 0 Å². The second kappa shape index (κ2) is 7.29. The Balaban J connectivity index is 2.13. The van der Waals surface area contributed by atoms with Gasteiger partial charge in [-0.1, -0.05) is 0 Å². The topological polar surface area (TPSA) is 78.0 Å². The van der Waals surface area contributed by atoms with E-state index in [2.05, 4.69) is 15.4 Å². The van der Waals surface area contributed by atoms with Gasteiger partial charge in [-0.15, -0.1) is 0 Å². The summed E-state index contributed by atoms with van der Waals surface area (Å²) < 4.78 is 12.7. The van der Waals surface area contributed by atoms with Gasteiger partial charge in [0.2, 0.25) is 5.95 Å². The molecule has 1 N–H and O–H groups in total. The van der Waals surface area contributed by atoms with Gasteiger partial charge in [-0.05, 0) is 39.8 Å². The van der Waals surface area contributed by atoms with Gasteiger partial charge in [-0.2, -0.15) is 5.10 Å². The Bertz CT molecular complexity index is 926. The molecule has 7 nitrogen and oxygen atoms in total. The summed E-state index contributed by atoms with van der Waals surface area (Å²) in [6, 6.07) is 4.00. The fourth-order valence-electron chi connectivity index (χ4n) is 3.09. The van der Waals surface area contributed by atoms with E-state index in [1.165, 1.54) is 0 Å². The van der Waals surface area contributed by atoms with Gasteiger partial charge < -0.3 is 14.5 Å². The molecule has 0 saturated heterocycles. The fraction of sp³-hybridized carbons (Fsp3) is 0.421. The number of hydrogen-bond donors (Lipinski definition) is 1. The molecule has 26 heavy (non-hydrogen) atoms. The minimum Gasteiger partial charge on any atom is -0.466 e. The Kier molecular flexibility index (Phi) is 5.08. The number of nitrogens with zero attached hydrogens (tertiary/aromatic N) is 4. The molecular formula is C19H25N5O2. The zero-order valence-corrected chi connectivity index (χ0v) is 16.2. The van der Waals surface area contributed by atoms with Crippen molar-refractivity contribution < 1.29 is 9.15 Å². The van der Waals surface area contributed by atoms with Crippen LogP contribution in [0.25, 0.3) is 22.5 Å². The first-order valence-electron chi connectivity index (χ1n) is 8.60. The maximum absolute atomic E-state index is 5.69. The minimum atomic E-state index is 0.565. The Morgan fingerprint density at radius 1 is 1.12 bits per heavy atom. The highest BCUT2D eigenvalue weighted by Crippen LogP contribution is 2.31. The SMILES string of the molecule is COCCNc1nc(-c2cc(C)oc2C)cc(-c2c(C)nn(C)c2C)n1. The number of aryl methyl sites for hydroxylation is 4. The lowest BCUT2D eigenvalue weighted by Crippen LogP contribution is -2.11. The number of methoxy groups -OCH3 is 1. The third kappa shape index (κ3) is 3.48. The normalized spacial score (nSPS) is 11.2. The highest BCUT2D eigenvalue weighted by atomic mass is 16.5. The van der Waals surface area contributed by atoms with E-state index in [4.69, 9.17) is 14.1 Å². The second-order valence-corrected chi connectivity index (χ2v) is 6.38. The van der Waals surface area contributed by atoms with E-state index in [0.717, 1.165) is 45.4 Å². The van der Waals surface area contributed by atoms with Gasteiger partial charge in [0, 0.05) is 37.5 Å². The summed E-state index contributed by atoms with van der Waals surface area (Å²) in [6.45, 7) is 9.14. The molecule has 0 atom stereocenters. The summed E-state index contributed by atoms with van der Waals surface area (Å²) in [5, 5.41) is 7.75. The monoisotopic (exact) mass is 355 g/mol. The van der Waals surface area contributed by atoms with Gasteiger partial charge in [0.1, 0.15) is 11.5 Å². The number of rotatable bonds is 6. The third-order valence-electron chi connectivity index (χ3n) is 4.40. The lowest BCUT2D eigenvalue weighted by Gasteiger charge is -2.10. The van der Waals surface area contributed by atoms with Crippen molar-refractivity contribution in [2.75, 3.05) is 25.6 Å². The lowest BCUT2D eigenvalue weighted by atomic mass is 10.1. The molecule has 7 heteroatoms. The average molecular weight is 355 g/mol. The van der Waals surface area contributed by atoms with E-state index in [-0.39, 0.29) is 0 Å². The number of hydrogen-bond acceptors (Lipinski definition) is 6. The summed E-state index contributed by atoms with van der Waals surface area (Å²) >= 11 is 0. The molecule has 0 spiro atoms. The van der Waals surface area contributed by atoms with Crippen molar-refractivity contribution in [2.45, 2.75) is 27.7 Å². The standard InChI is InChI=1S/C19H25N5O2/c1-11-9-15(14(4)26-11)16-10-17(18-12(2)23-24(5)13(18)3)22-19(21-16)20-7-8-25-6/h9-10H,7-8H2,1-6H3,(H,20,21,22). The number of aromatic nitrogens is 4. The molecule has 0 bridgehead atoms. The summed E-state index contributed by atoms with van der Waals surface area (Å²) in [7, 11) is 3.61. The van der Waals surface area contributed by atoms with Crippen molar-refractivity contribution >= 4 is 5.95 Å². The number of furan rings is 1. The third-order valence-corrected chi connectivity index (χ3v) is 4.40. The van der Waals surface area contributed by atoms with Gasteiger partial charge in [-0.25, -0.2) is 9.97 Å². The summed E-state index contributed by atoms with van der Waals surface area (Å²) in [6.07, 6.45) is 0. The van der Waals surface area contributed by atoms with Crippen molar-refractivity contribution in [1.82, 2.24) is 19.7 Å². The average Bonchev–Trinajstić information content (AvgIpc) is 3.05. The van der Waals surface area contributed by atoms with E-state index < -0.39 is 0 Å². The number of nitrogens with one attached hydrogen (secondary N) is 1. The Hall–Kier alpha value is -2.67. The fourth-order valence-corrected chi connectivity index (χ4v) is 3.09. The predicted octanol–water partition coefficient (Wildman–Crippen LogP) is 3.43. The van der Waals surface area contributed by atoms with E-state index in [9.17, 15) is 0 Å². The minimum absolute atomic E-state index is 0.565. The van der Waals surface area contributed by atoms with Crippen LogP contribution in [0.4, 0.5) is 5.95 Å². The second-order valence-electron chi connectivity index (χ2n) is 6.38. The van der Waals surface area contributed by atoms with E-state index in [1.807, 2.05) is 51.6 Å². The Morgan fingerprint density at radius 2 is 1.85 bits per heavy atom. The molecule has 0 aliphatic carbocycles. The molecule has 0 aliphatic rings. The Morgan fingerprint density at radius 3 is 2.42 bits per heavy atom. The van der Waals surface area contributed by atoms with E-state index in [1.54, 1.807) is 7.11 Å². The molecule has 0 aliphatic heterocycles. The molecule has 0 saturated carbocycles. The summed E-state index contributed by atoms with van der Waals surface area (Å²) in [5.74, 6) is 2.27. The maximum atomic E-state index is 5.69. The first-order valence-corrected chi connectivity index (χ1v) is 8.60. The van der Waals surface area contributed by atoms with E-state index in [0.29, 0.717) is 19.1 Å². The first-order chi connectivity index (χ1) is 12.4. The number of ether oxygens (including phenoxy) is 1. The highest BCUT2D eigenvalue weighted by molar-refractivity contribution is 5.73. The molecule has 0 fully saturated rings.